The van der Waals surface area contributed by atoms with Crippen molar-refractivity contribution in [3.05, 3.63) is 35.8 Å². The van der Waals surface area contributed by atoms with Crippen molar-refractivity contribution in [1.29, 1.82) is 0 Å². The van der Waals surface area contributed by atoms with Crippen LogP contribution in [-0.4, -0.2) is 36.1 Å². The van der Waals surface area contributed by atoms with E-state index in [2.05, 4.69) is 15.4 Å². The zero-order chi connectivity index (χ0) is 14.7. The molecule has 5 nitrogen and oxygen atoms in total. The van der Waals surface area contributed by atoms with Crippen molar-refractivity contribution in [2.75, 3.05) is 19.6 Å². The molecule has 0 saturated carbocycles. The lowest BCUT2D eigenvalue weighted by atomic mass is 9.81. The predicted octanol–water partition coefficient (Wildman–Crippen LogP) is 2.28. The summed E-state index contributed by atoms with van der Waals surface area (Å²) in [6, 6.07) is 6.69. The number of nitrogens with one attached hydrogen (secondary N) is 1. The molecule has 22 heavy (non-hydrogen) atoms. The van der Waals surface area contributed by atoms with E-state index in [9.17, 15) is 4.39 Å². The minimum atomic E-state index is -0.441. The van der Waals surface area contributed by atoms with Gasteiger partial charge in [-0.15, -0.1) is 0 Å². The molecule has 2 bridgehead atoms. The van der Waals surface area contributed by atoms with E-state index in [1.807, 2.05) is 6.07 Å². The highest BCUT2D eigenvalue weighted by molar-refractivity contribution is 6.00. The summed E-state index contributed by atoms with van der Waals surface area (Å²) in [6.07, 6.45) is 2.23. The van der Waals surface area contributed by atoms with Gasteiger partial charge < -0.3 is 14.6 Å². The van der Waals surface area contributed by atoms with Crippen LogP contribution in [0.2, 0.25) is 0 Å². The van der Waals surface area contributed by atoms with E-state index in [0.29, 0.717) is 17.5 Å². The van der Waals surface area contributed by atoms with Crippen LogP contribution in [0.1, 0.15) is 18.6 Å². The van der Waals surface area contributed by atoms with Crippen LogP contribution >= 0.6 is 0 Å². The first kappa shape index (κ1) is 12.5. The Balaban J connectivity index is 1.48. The molecule has 1 atom stereocenters. The van der Waals surface area contributed by atoms with Crippen LogP contribution in [0.15, 0.2) is 33.8 Å². The molecule has 3 fully saturated rings. The summed E-state index contributed by atoms with van der Waals surface area (Å²) in [5.41, 5.74) is -0.180. The molecule has 1 spiro atoms. The highest BCUT2D eigenvalue weighted by Crippen LogP contribution is 2.39. The van der Waals surface area contributed by atoms with Crippen molar-refractivity contribution in [2.45, 2.75) is 18.6 Å². The van der Waals surface area contributed by atoms with Crippen LogP contribution in [0.4, 0.5) is 4.39 Å². The Hall–Kier alpha value is -2.08. The molecule has 5 heterocycles. The number of nitrogens with zero attached hydrogens (tertiary/aromatic N) is 2. The Bertz CT molecular complexity index is 779. The third-order valence-corrected chi connectivity index (χ3v) is 5.06. The SMILES string of the molecule is Fc1cccc2cc(C3=NO[C@@]4(CN5CCC4CC5)N3)oc12. The second-order valence-electron chi connectivity index (χ2n) is 6.36. The largest absolute Gasteiger partial charge is 0.450 e. The minimum Gasteiger partial charge on any atom is -0.450 e. The maximum Gasteiger partial charge on any atom is 0.224 e. The van der Waals surface area contributed by atoms with E-state index in [1.165, 1.54) is 6.07 Å². The molecular weight excluding hydrogens is 285 g/mol. The summed E-state index contributed by atoms with van der Waals surface area (Å²) in [6.45, 7) is 3.09. The third-order valence-electron chi connectivity index (χ3n) is 5.06. The van der Waals surface area contributed by atoms with Gasteiger partial charge in [0.2, 0.25) is 11.6 Å². The molecule has 4 aliphatic rings. The van der Waals surface area contributed by atoms with E-state index in [1.54, 1.807) is 12.1 Å². The van der Waals surface area contributed by atoms with Gasteiger partial charge in [0.15, 0.2) is 17.2 Å². The zero-order valence-electron chi connectivity index (χ0n) is 12.0. The molecule has 0 unspecified atom stereocenters. The number of fused-ring (bicyclic) bond motifs is 3. The first-order valence-electron chi connectivity index (χ1n) is 7.69. The third kappa shape index (κ3) is 1.64. The molecule has 6 heteroatoms. The fourth-order valence-corrected chi connectivity index (χ4v) is 3.89. The number of oxime groups is 1. The average Bonchev–Trinajstić information content (AvgIpc) is 3.14. The smallest absolute Gasteiger partial charge is 0.224 e. The number of halogens is 1. The lowest BCUT2D eigenvalue weighted by Gasteiger charge is -2.49. The molecule has 0 aliphatic carbocycles. The van der Waals surface area contributed by atoms with Gasteiger partial charge in [-0.3, -0.25) is 4.90 Å². The molecule has 3 saturated heterocycles. The first-order chi connectivity index (χ1) is 10.7. The van der Waals surface area contributed by atoms with Crippen molar-refractivity contribution in [1.82, 2.24) is 10.2 Å². The topological polar surface area (TPSA) is 50.0 Å². The van der Waals surface area contributed by atoms with Crippen molar-refractivity contribution in [3.8, 4) is 0 Å². The van der Waals surface area contributed by atoms with Gasteiger partial charge in [0.1, 0.15) is 0 Å². The molecule has 6 rings (SSSR count). The molecule has 2 aromatic rings. The molecule has 114 valence electrons. The molecule has 4 aliphatic heterocycles. The summed E-state index contributed by atoms with van der Waals surface area (Å²) in [4.78, 5) is 8.18. The van der Waals surface area contributed by atoms with Gasteiger partial charge in [0.05, 0.1) is 6.54 Å². The molecule has 1 aromatic carbocycles. The molecule has 1 N–H and O–H groups in total. The summed E-state index contributed by atoms with van der Waals surface area (Å²) in [7, 11) is 0. The fraction of sp³-hybridized carbons (Fsp3) is 0.438. The Morgan fingerprint density at radius 3 is 2.91 bits per heavy atom. The van der Waals surface area contributed by atoms with Crippen LogP contribution in [0.25, 0.3) is 11.0 Å². The Morgan fingerprint density at radius 1 is 1.32 bits per heavy atom. The van der Waals surface area contributed by atoms with E-state index in [4.69, 9.17) is 9.25 Å². The van der Waals surface area contributed by atoms with Crippen molar-refractivity contribution in [3.63, 3.8) is 0 Å². The van der Waals surface area contributed by atoms with E-state index in [-0.39, 0.29) is 11.4 Å². The first-order valence-corrected chi connectivity index (χ1v) is 7.69. The number of benzene rings is 1. The van der Waals surface area contributed by atoms with Crippen LogP contribution in [-0.2, 0) is 4.84 Å². The van der Waals surface area contributed by atoms with Crippen molar-refractivity contribution in [2.24, 2.45) is 11.1 Å². The predicted molar refractivity (Wildman–Crippen MR) is 78.8 cm³/mol. The van der Waals surface area contributed by atoms with Gasteiger partial charge in [-0.25, -0.2) is 4.39 Å². The number of furan rings is 1. The van der Waals surface area contributed by atoms with E-state index in [0.717, 1.165) is 37.9 Å². The number of para-hydroxylation sites is 1. The number of rotatable bonds is 1. The molecular formula is C16H16FN3O2. The van der Waals surface area contributed by atoms with Gasteiger partial charge in [-0.2, -0.15) is 0 Å². The Labute approximate surface area is 126 Å². The number of hydrogen-bond donors (Lipinski definition) is 1. The van der Waals surface area contributed by atoms with Gasteiger partial charge >= 0.3 is 0 Å². The van der Waals surface area contributed by atoms with Crippen LogP contribution in [0.5, 0.6) is 0 Å². The summed E-state index contributed by atoms with van der Waals surface area (Å²) >= 11 is 0. The maximum atomic E-state index is 13.8. The summed E-state index contributed by atoms with van der Waals surface area (Å²) < 4.78 is 19.4. The van der Waals surface area contributed by atoms with E-state index < -0.39 is 5.72 Å². The molecule has 0 amide bonds. The number of hydrogen-bond acceptors (Lipinski definition) is 5. The highest BCUT2D eigenvalue weighted by atomic mass is 19.1. The second kappa shape index (κ2) is 4.23. The maximum absolute atomic E-state index is 13.8. The van der Waals surface area contributed by atoms with Crippen LogP contribution in [0.3, 0.4) is 0 Å². The lowest BCUT2D eigenvalue weighted by Crippen LogP contribution is -2.65. The monoisotopic (exact) mass is 301 g/mol. The minimum absolute atomic E-state index is 0.261. The quantitative estimate of drug-likeness (QED) is 0.878. The molecule has 0 radical (unpaired) electrons. The standard InChI is InChI=1S/C16H16FN3O2/c17-12-3-1-2-10-8-13(21-14(10)12)15-18-16(22-19-15)9-20-6-4-11(16)5-7-20/h1-3,8,11H,4-7,9H2,(H,18,19)/t16-/m1/s1. The van der Waals surface area contributed by atoms with E-state index >= 15 is 0 Å². The number of piperidine rings is 3. The fourth-order valence-electron chi connectivity index (χ4n) is 3.89. The average molecular weight is 301 g/mol. The van der Waals surface area contributed by atoms with Gasteiger partial charge in [0, 0.05) is 11.3 Å². The zero-order valence-corrected chi connectivity index (χ0v) is 12.0. The lowest BCUT2D eigenvalue weighted by molar-refractivity contribution is -0.148. The van der Waals surface area contributed by atoms with Gasteiger partial charge in [-0.1, -0.05) is 17.3 Å². The summed E-state index contributed by atoms with van der Waals surface area (Å²) in [5.74, 6) is 1.18. The van der Waals surface area contributed by atoms with Gasteiger partial charge in [0.25, 0.3) is 0 Å². The Kier molecular flexibility index (Phi) is 2.39. The summed E-state index contributed by atoms with van der Waals surface area (Å²) in [5, 5.41) is 8.32. The van der Waals surface area contributed by atoms with Crippen molar-refractivity contribution < 1.29 is 13.6 Å². The number of amidine groups is 1. The second-order valence-corrected chi connectivity index (χ2v) is 6.36. The molecule has 1 aromatic heterocycles. The van der Waals surface area contributed by atoms with Gasteiger partial charge in [-0.05, 0) is 38.1 Å². The van der Waals surface area contributed by atoms with Crippen LogP contribution < -0.4 is 5.32 Å². The van der Waals surface area contributed by atoms with Crippen LogP contribution in [0, 0.1) is 11.7 Å². The highest BCUT2D eigenvalue weighted by Gasteiger charge is 2.52. The van der Waals surface area contributed by atoms with Crippen molar-refractivity contribution >= 4 is 16.8 Å². The Morgan fingerprint density at radius 2 is 2.18 bits per heavy atom. The normalized spacial score (nSPS) is 33.0.